The number of halogens is 2. The molecule has 3 atom stereocenters. The number of aliphatic imine (C=N–C) groups is 1. The SMILES string of the molecule is Cc1ncc2n1C1CC(c3c(OC(F)F)cccc3-2)C2Cc3cc(C4=CN=C(C(C)(C)O)CC=C4)ccc3C=C21. The Morgan fingerprint density at radius 1 is 1.15 bits per heavy atom. The van der Waals surface area contributed by atoms with Gasteiger partial charge in [0.1, 0.15) is 11.6 Å². The number of hydrogen-bond donors (Lipinski definition) is 1. The standard InChI is InChI=1S/C33H31F2N3O2/c1-18-36-17-28-23-7-5-8-29(40-32(34)35)31(23)26-15-27(38(18)28)25-13-20-11-10-19(12-22(20)14-24(25)26)21-6-4-9-30(37-16-21)33(2,3)39/h4-8,10-13,16-17,24,26-27,32,39H,9,14-15H2,1-3H3. The second-order valence-corrected chi connectivity index (χ2v) is 11.7. The molecule has 1 aromatic heterocycles. The molecule has 0 spiro atoms. The van der Waals surface area contributed by atoms with Gasteiger partial charge in [-0.1, -0.05) is 48.6 Å². The lowest BCUT2D eigenvalue weighted by Crippen LogP contribution is -2.30. The largest absolute Gasteiger partial charge is 0.435 e. The van der Waals surface area contributed by atoms with E-state index in [0.717, 1.165) is 52.3 Å². The van der Waals surface area contributed by atoms with Gasteiger partial charge in [-0.2, -0.15) is 8.78 Å². The van der Waals surface area contributed by atoms with Gasteiger partial charge in [0.2, 0.25) is 0 Å². The third-order valence-electron chi connectivity index (χ3n) is 8.91. The number of allylic oxidation sites excluding steroid dienone is 4. The molecule has 3 heterocycles. The van der Waals surface area contributed by atoms with Crippen LogP contribution in [0.25, 0.3) is 22.9 Å². The van der Waals surface area contributed by atoms with Crippen molar-refractivity contribution in [3.05, 3.63) is 94.6 Å². The fourth-order valence-corrected chi connectivity index (χ4v) is 7.09. The molecule has 2 aliphatic heterocycles. The highest BCUT2D eigenvalue weighted by Gasteiger charge is 2.47. The van der Waals surface area contributed by atoms with E-state index in [-0.39, 0.29) is 23.6 Å². The van der Waals surface area contributed by atoms with Crippen molar-refractivity contribution in [1.82, 2.24) is 9.55 Å². The highest BCUT2D eigenvalue weighted by molar-refractivity contribution is 5.95. The molecule has 0 saturated heterocycles. The number of aliphatic hydroxyl groups is 1. The Morgan fingerprint density at radius 3 is 2.80 bits per heavy atom. The van der Waals surface area contributed by atoms with E-state index in [9.17, 15) is 13.9 Å². The van der Waals surface area contributed by atoms with Gasteiger partial charge in [-0.15, -0.1) is 0 Å². The van der Waals surface area contributed by atoms with E-state index in [4.69, 9.17) is 4.74 Å². The van der Waals surface area contributed by atoms with Crippen molar-refractivity contribution in [3.8, 4) is 17.0 Å². The topological polar surface area (TPSA) is 59.6 Å². The molecule has 3 unspecified atom stereocenters. The van der Waals surface area contributed by atoms with E-state index in [0.29, 0.717) is 6.42 Å². The van der Waals surface area contributed by atoms with Crippen molar-refractivity contribution in [3.63, 3.8) is 0 Å². The molecule has 2 bridgehead atoms. The summed E-state index contributed by atoms with van der Waals surface area (Å²) < 4.78 is 34.4. The highest BCUT2D eigenvalue weighted by Crippen LogP contribution is 2.59. The Hall–Kier alpha value is -3.84. The lowest BCUT2D eigenvalue weighted by molar-refractivity contribution is -0.0506. The van der Waals surface area contributed by atoms with Crippen LogP contribution in [-0.4, -0.2) is 32.6 Å². The molecule has 204 valence electrons. The predicted molar refractivity (Wildman–Crippen MR) is 153 cm³/mol. The van der Waals surface area contributed by atoms with E-state index in [1.165, 1.54) is 16.7 Å². The molecule has 7 heteroatoms. The van der Waals surface area contributed by atoms with Gasteiger partial charge in [0.25, 0.3) is 0 Å². The Labute approximate surface area is 232 Å². The number of aryl methyl sites for hydroxylation is 1. The lowest BCUT2D eigenvalue weighted by Gasteiger charge is -2.31. The van der Waals surface area contributed by atoms with Gasteiger partial charge in [0, 0.05) is 23.7 Å². The van der Waals surface area contributed by atoms with Crippen LogP contribution in [0.15, 0.2) is 71.5 Å². The zero-order valence-electron chi connectivity index (χ0n) is 22.7. The Bertz CT molecular complexity index is 1650. The van der Waals surface area contributed by atoms with E-state index in [1.54, 1.807) is 26.0 Å². The van der Waals surface area contributed by atoms with Crippen LogP contribution in [-0.2, 0) is 6.42 Å². The third-order valence-corrected chi connectivity index (χ3v) is 8.91. The first-order valence-electron chi connectivity index (χ1n) is 13.8. The number of benzene rings is 2. The Kier molecular flexibility index (Phi) is 5.72. The van der Waals surface area contributed by atoms with E-state index in [2.05, 4.69) is 44.9 Å². The van der Waals surface area contributed by atoms with E-state index >= 15 is 0 Å². The molecule has 0 amide bonds. The maximum Gasteiger partial charge on any atom is 0.387 e. The van der Waals surface area contributed by atoms with Crippen LogP contribution in [0.4, 0.5) is 8.78 Å². The van der Waals surface area contributed by atoms with Gasteiger partial charge < -0.3 is 14.4 Å². The van der Waals surface area contributed by atoms with Crippen LogP contribution in [0.5, 0.6) is 5.75 Å². The molecular weight excluding hydrogens is 508 g/mol. The van der Waals surface area contributed by atoms with Crippen LogP contribution < -0.4 is 4.74 Å². The number of nitrogens with zero attached hydrogens (tertiary/aromatic N) is 3. The van der Waals surface area contributed by atoms with Crippen molar-refractivity contribution >= 4 is 17.4 Å². The summed E-state index contributed by atoms with van der Waals surface area (Å²) in [5, 5.41) is 10.4. The Morgan fingerprint density at radius 2 is 2.00 bits per heavy atom. The average Bonchev–Trinajstić information content (AvgIpc) is 3.27. The highest BCUT2D eigenvalue weighted by atomic mass is 19.3. The summed E-state index contributed by atoms with van der Waals surface area (Å²) in [7, 11) is 0. The van der Waals surface area contributed by atoms with Crippen LogP contribution in [0.1, 0.15) is 66.7 Å². The van der Waals surface area contributed by atoms with Crippen LogP contribution in [0.3, 0.4) is 0 Å². The first kappa shape index (κ1) is 25.1. The smallest absolute Gasteiger partial charge is 0.387 e. The van der Waals surface area contributed by atoms with Crippen LogP contribution in [0, 0.1) is 12.8 Å². The first-order valence-corrected chi connectivity index (χ1v) is 13.8. The van der Waals surface area contributed by atoms with E-state index < -0.39 is 12.2 Å². The number of ether oxygens (including phenoxy) is 1. The van der Waals surface area contributed by atoms with Gasteiger partial charge in [0.15, 0.2) is 0 Å². The Balaban J connectivity index is 1.33. The van der Waals surface area contributed by atoms with E-state index in [1.807, 2.05) is 31.5 Å². The number of alkyl halides is 2. The maximum atomic E-state index is 13.5. The molecule has 2 aliphatic carbocycles. The van der Waals surface area contributed by atoms with Crippen LogP contribution in [0.2, 0.25) is 0 Å². The summed E-state index contributed by atoms with van der Waals surface area (Å²) >= 11 is 0. The molecule has 40 heavy (non-hydrogen) atoms. The van der Waals surface area contributed by atoms with Crippen LogP contribution >= 0.6 is 0 Å². The molecule has 7 rings (SSSR count). The van der Waals surface area contributed by atoms with Crippen molar-refractivity contribution in [1.29, 1.82) is 0 Å². The summed E-state index contributed by atoms with van der Waals surface area (Å²) in [5.74, 6) is 1.40. The molecule has 1 saturated carbocycles. The fraction of sp³-hybridized carbons (Fsp3) is 0.333. The zero-order chi connectivity index (χ0) is 27.8. The number of aromatic nitrogens is 2. The summed E-state index contributed by atoms with van der Waals surface area (Å²) in [6.45, 7) is 2.64. The van der Waals surface area contributed by atoms with Gasteiger partial charge in [-0.3, -0.25) is 4.99 Å². The summed E-state index contributed by atoms with van der Waals surface area (Å²) in [6, 6.07) is 12.1. The molecule has 4 aliphatic rings. The minimum atomic E-state index is -2.89. The van der Waals surface area contributed by atoms with Gasteiger partial charge >= 0.3 is 6.61 Å². The van der Waals surface area contributed by atoms with Gasteiger partial charge in [-0.05, 0) is 79.4 Å². The summed E-state index contributed by atoms with van der Waals surface area (Å²) in [4.78, 5) is 9.23. The van der Waals surface area contributed by atoms with Gasteiger partial charge in [-0.25, -0.2) is 4.98 Å². The van der Waals surface area contributed by atoms with Crippen molar-refractivity contribution in [2.45, 2.75) is 64.2 Å². The molecule has 0 radical (unpaired) electrons. The lowest BCUT2D eigenvalue weighted by atomic mass is 9.76. The number of fused-ring (bicyclic) bond motifs is 6. The molecular formula is C33H31F2N3O2. The first-order chi connectivity index (χ1) is 19.2. The maximum absolute atomic E-state index is 13.5. The quantitative estimate of drug-likeness (QED) is 0.379. The van der Waals surface area contributed by atoms with Crippen molar-refractivity contribution in [2.24, 2.45) is 10.9 Å². The second-order valence-electron chi connectivity index (χ2n) is 11.7. The number of rotatable bonds is 4. The number of hydrogen-bond acceptors (Lipinski definition) is 4. The number of imidazole rings is 1. The van der Waals surface area contributed by atoms with Crippen molar-refractivity contribution < 1.29 is 18.6 Å². The minimum Gasteiger partial charge on any atom is -0.435 e. The molecule has 1 N–H and O–H groups in total. The monoisotopic (exact) mass is 539 g/mol. The third kappa shape index (κ3) is 3.98. The molecule has 5 nitrogen and oxygen atoms in total. The molecule has 2 aromatic carbocycles. The van der Waals surface area contributed by atoms with Gasteiger partial charge in [0.05, 0.1) is 29.2 Å². The molecule has 3 aromatic rings. The fourth-order valence-electron chi connectivity index (χ4n) is 7.09. The normalized spacial score (nSPS) is 22.8. The molecule has 1 fully saturated rings. The average molecular weight is 540 g/mol. The van der Waals surface area contributed by atoms with Crippen molar-refractivity contribution in [2.75, 3.05) is 0 Å². The summed E-state index contributed by atoms with van der Waals surface area (Å²) in [5.41, 5.74) is 8.33. The summed E-state index contributed by atoms with van der Waals surface area (Å²) in [6.07, 6.45) is 12.4. The second kappa shape index (κ2) is 9.10. The zero-order valence-corrected chi connectivity index (χ0v) is 22.7. The predicted octanol–water partition coefficient (Wildman–Crippen LogP) is 7.27. The minimum absolute atomic E-state index is 0.0493.